The Labute approximate surface area is 234 Å². The molecule has 0 spiro atoms. The van der Waals surface area contributed by atoms with Crippen LogP contribution in [-0.2, 0) is 11.3 Å². The average molecular weight is 554 g/mol. The van der Waals surface area contributed by atoms with Gasteiger partial charge < -0.3 is 30.1 Å². The standard InChI is InChI=1S/C29H39N5O4S/c1-3-33(2)29-31-27(26(39-29)21-34-15-19-36-20-16-34)22-7-11-24(12-8-22)37-17-5-4-6-18-38-25-13-9-23(10-14-25)28(30)32-35/h7-14,35H,3-6,15-21H2,1-2H3,(H2,30,32). The summed E-state index contributed by atoms with van der Waals surface area (Å²) in [6.45, 7) is 8.76. The molecule has 3 N–H and O–H groups in total. The molecule has 1 saturated heterocycles. The van der Waals surface area contributed by atoms with Crippen LogP contribution in [0, 0.1) is 0 Å². The number of hydrogen-bond acceptors (Lipinski definition) is 9. The molecular formula is C29H39N5O4S. The van der Waals surface area contributed by atoms with E-state index < -0.39 is 0 Å². The van der Waals surface area contributed by atoms with Gasteiger partial charge in [0.15, 0.2) is 11.0 Å². The summed E-state index contributed by atoms with van der Waals surface area (Å²) in [5.41, 5.74) is 8.42. The number of nitrogens with zero attached hydrogens (tertiary/aromatic N) is 4. The zero-order valence-corrected chi connectivity index (χ0v) is 23.7. The van der Waals surface area contributed by atoms with Crippen molar-refractivity contribution in [3.8, 4) is 22.8 Å². The quantitative estimate of drug-likeness (QED) is 0.0962. The molecule has 2 heterocycles. The van der Waals surface area contributed by atoms with Crippen molar-refractivity contribution >= 4 is 22.3 Å². The number of hydrogen-bond donors (Lipinski definition) is 2. The molecule has 0 amide bonds. The first kappa shape index (κ1) is 28.7. The summed E-state index contributed by atoms with van der Waals surface area (Å²) in [5.74, 6) is 1.72. The summed E-state index contributed by atoms with van der Waals surface area (Å²) >= 11 is 1.78. The number of anilines is 1. The topological polar surface area (TPSA) is 106 Å². The van der Waals surface area contributed by atoms with Crippen molar-refractivity contribution in [3.05, 3.63) is 59.0 Å². The number of ether oxygens (including phenoxy) is 3. The van der Waals surface area contributed by atoms with Gasteiger partial charge in [0, 0.05) is 49.2 Å². The molecule has 0 saturated carbocycles. The van der Waals surface area contributed by atoms with Gasteiger partial charge in [-0.25, -0.2) is 4.98 Å². The van der Waals surface area contributed by atoms with Crippen molar-refractivity contribution in [2.75, 3.05) is 58.0 Å². The Balaban J connectivity index is 1.22. The predicted molar refractivity (Wildman–Crippen MR) is 156 cm³/mol. The molecule has 1 aliphatic rings. The van der Waals surface area contributed by atoms with E-state index in [0.717, 1.165) is 86.5 Å². The van der Waals surface area contributed by atoms with Crippen LogP contribution in [0.5, 0.6) is 11.5 Å². The zero-order valence-electron chi connectivity index (χ0n) is 22.8. The van der Waals surface area contributed by atoms with E-state index in [9.17, 15) is 0 Å². The lowest BCUT2D eigenvalue weighted by Crippen LogP contribution is -2.35. The van der Waals surface area contributed by atoms with Crippen LogP contribution in [0.25, 0.3) is 11.3 Å². The van der Waals surface area contributed by atoms with Gasteiger partial charge in [0.05, 0.1) is 32.1 Å². The van der Waals surface area contributed by atoms with Crippen LogP contribution in [0.1, 0.15) is 36.6 Å². The Kier molecular flexibility index (Phi) is 10.8. The fourth-order valence-corrected chi connectivity index (χ4v) is 5.33. The second kappa shape index (κ2) is 14.7. The molecule has 0 aliphatic carbocycles. The molecule has 9 nitrogen and oxygen atoms in total. The van der Waals surface area contributed by atoms with Gasteiger partial charge in [-0.1, -0.05) is 16.5 Å². The van der Waals surface area contributed by atoms with Crippen molar-refractivity contribution in [1.82, 2.24) is 9.88 Å². The lowest BCUT2D eigenvalue weighted by atomic mass is 10.1. The highest BCUT2D eigenvalue weighted by atomic mass is 32.1. The minimum absolute atomic E-state index is 0.0850. The van der Waals surface area contributed by atoms with E-state index in [1.165, 1.54) is 4.88 Å². The molecule has 10 heteroatoms. The monoisotopic (exact) mass is 553 g/mol. The van der Waals surface area contributed by atoms with Crippen molar-refractivity contribution in [1.29, 1.82) is 0 Å². The molecule has 3 aromatic rings. The van der Waals surface area contributed by atoms with Crippen molar-refractivity contribution in [3.63, 3.8) is 0 Å². The van der Waals surface area contributed by atoms with Crippen molar-refractivity contribution < 1.29 is 19.4 Å². The van der Waals surface area contributed by atoms with E-state index >= 15 is 0 Å². The third-order valence-corrected chi connectivity index (χ3v) is 7.82. The zero-order chi connectivity index (χ0) is 27.5. The number of unbranched alkanes of at least 4 members (excludes halogenated alkanes) is 2. The number of aromatic nitrogens is 1. The van der Waals surface area contributed by atoms with Crippen LogP contribution in [0.2, 0.25) is 0 Å². The molecule has 0 bridgehead atoms. The third kappa shape index (κ3) is 8.32. The Morgan fingerprint density at radius 1 is 1.03 bits per heavy atom. The highest BCUT2D eigenvalue weighted by molar-refractivity contribution is 7.16. The van der Waals surface area contributed by atoms with Crippen LogP contribution in [0.15, 0.2) is 53.7 Å². The first-order valence-electron chi connectivity index (χ1n) is 13.5. The van der Waals surface area contributed by atoms with Crippen LogP contribution in [0.4, 0.5) is 5.13 Å². The smallest absolute Gasteiger partial charge is 0.185 e. The molecule has 4 rings (SSSR count). The maximum Gasteiger partial charge on any atom is 0.185 e. The maximum absolute atomic E-state index is 8.73. The first-order chi connectivity index (χ1) is 19.1. The lowest BCUT2D eigenvalue weighted by molar-refractivity contribution is 0.0347. The average Bonchev–Trinajstić information content (AvgIpc) is 3.40. The van der Waals surface area contributed by atoms with E-state index in [1.807, 2.05) is 24.3 Å². The lowest BCUT2D eigenvalue weighted by Gasteiger charge is -2.26. The summed E-state index contributed by atoms with van der Waals surface area (Å²) in [5, 5.41) is 12.8. The number of oxime groups is 1. The number of thiazole rings is 1. The molecule has 0 unspecified atom stereocenters. The normalized spacial score (nSPS) is 14.4. The van der Waals surface area contributed by atoms with Gasteiger partial charge in [0.25, 0.3) is 0 Å². The van der Waals surface area contributed by atoms with E-state index in [-0.39, 0.29) is 5.84 Å². The number of morpholine rings is 1. The molecule has 39 heavy (non-hydrogen) atoms. The second-order valence-corrected chi connectivity index (χ2v) is 10.5. The number of nitrogens with two attached hydrogens (primary N) is 1. The summed E-state index contributed by atoms with van der Waals surface area (Å²) < 4.78 is 17.3. The van der Waals surface area contributed by atoms with Crippen molar-refractivity contribution in [2.24, 2.45) is 10.9 Å². The molecule has 0 radical (unpaired) electrons. The number of benzene rings is 2. The predicted octanol–water partition coefficient (Wildman–Crippen LogP) is 4.82. The maximum atomic E-state index is 8.73. The molecule has 1 aliphatic heterocycles. The Morgan fingerprint density at radius 3 is 2.23 bits per heavy atom. The van der Waals surface area contributed by atoms with Gasteiger partial charge >= 0.3 is 0 Å². The minimum atomic E-state index is 0.0850. The van der Waals surface area contributed by atoms with Gasteiger partial charge in [-0.05, 0) is 74.7 Å². The largest absolute Gasteiger partial charge is 0.494 e. The molecule has 2 aromatic carbocycles. The van der Waals surface area contributed by atoms with E-state index in [4.69, 9.17) is 30.1 Å². The van der Waals surface area contributed by atoms with Crippen molar-refractivity contribution in [2.45, 2.75) is 32.7 Å². The van der Waals surface area contributed by atoms with Gasteiger partial charge in [-0.3, -0.25) is 4.90 Å². The highest BCUT2D eigenvalue weighted by Gasteiger charge is 2.19. The number of amidine groups is 1. The first-order valence-corrected chi connectivity index (χ1v) is 14.3. The molecule has 210 valence electrons. The SMILES string of the molecule is CCN(C)c1nc(-c2ccc(OCCCCCOc3ccc(/C(N)=N\O)cc3)cc2)c(CN2CCOCC2)s1. The Hall–Kier alpha value is -3.34. The minimum Gasteiger partial charge on any atom is -0.494 e. The van der Waals surface area contributed by atoms with Gasteiger partial charge in [0.2, 0.25) is 0 Å². The Morgan fingerprint density at radius 2 is 1.64 bits per heavy atom. The summed E-state index contributed by atoms with van der Waals surface area (Å²) in [4.78, 5) is 10.9. The summed E-state index contributed by atoms with van der Waals surface area (Å²) in [6.07, 6.45) is 2.91. The molecule has 1 fully saturated rings. The molecular weight excluding hydrogens is 514 g/mol. The highest BCUT2D eigenvalue weighted by Crippen LogP contribution is 2.34. The van der Waals surface area contributed by atoms with Crippen LogP contribution >= 0.6 is 11.3 Å². The van der Waals surface area contributed by atoms with Gasteiger partial charge in [0.1, 0.15) is 11.5 Å². The van der Waals surface area contributed by atoms with E-state index in [2.05, 4.69) is 41.1 Å². The van der Waals surface area contributed by atoms with E-state index in [1.54, 1.807) is 23.5 Å². The van der Waals surface area contributed by atoms with Crippen LogP contribution in [0.3, 0.4) is 0 Å². The van der Waals surface area contributed by atoms with Gasteiger partial charge in [-0.2, -0.15) is 0 Å². The fourth-order valence-electron chi connectivity index (χ4n) is 4.18. The Bertz CT molecular complexity index is 1180. The third-order valence-electron chi connectivity index (χ3n) is 6.67. The fraction of sp³-hybridized carbons (Fsp3) is 0.448. The molecule has 1 aromatic heterocycles. The summed E-state index contributed by atoms with van der Waals surface area (Å²) in [7, 11) is 2.09. The second-order valence-electron chi connectivity index (χ2n) is 9.46. The molecule has 0 atom stereocenters. The van der Waals surface area contributed by atoms with E-state index in [0.29, 0.717) is 18.8 Å². The summed E-state index contributed by atoms with van der Waals surface area (Å²) in [6, 6.07) is 15.5. The van der Waals surface area contributed by atoms with Gasteiger partial charge in [-0.15, -0.1) is 0 Å². The number of rotatable bonds is 14. The van der Waals surface area contributed by atoms with Crippen LogP contribution in [-0.4, -0.2) is 74.0 Å². The van der Waals surface area contributed by atoms with Crippen LogP contribution < -0.4 is 20.1 Å².